The molecule has 0 bridgehead atoms. The molecule has 3 fully saturated rings. The molecule has 8 amide bonds. The third kappa shape index (κ3) is 12.9. The second kappa shape index (κ2) is 22.9. The van der Waals surface area contributed by atoms with Crippen molar-refractivity contribution < 1.29 is 103 Å². The van der Waals surface area contributed by atoms with Crippen LogP contribution in [-0.2, 0) is 63.3 Å². The number of aliphatic hydroxyl groups excluding tert-OH is 2. The van der Waals surface area contributed by atoms with Gasteiger partial charge in [-0.1, -0.05) is 19.1 Å². The van der Waals surface area contributed by atoms with Gasteiger partial charge in [-0.05, 0) is 43.4 Å². The predicted molar refractivity (Wildman–Crippen MR) is 188 cm³/mol. The molecule has 1 aromatic rings. The summed E-state index contributed by atoms with van der Waals surface area (Å²) in [5, 5.41) is 44.3. The van der Waals surface area contributed by atoms with Crippen LogP contribution >= 0.6 is 0 Å². The number of amides is 8. The second-order valence-electron chi connectivity index (χ2n) is 13.6. The Kier molecular flexibility index (Phi) is 19.8. The molecule has 10 N–H and O–H groups in total. The van der Waals surface area contributed by atoms with Gasteiger partial charge in [0, 0.05) is 82.0 Å². The van der Waals surface area contributed by atoms with Crippen LogP contribution in [0.4, 0.5) is 0 Å². The maximum atomic E-state index is 14.0. The number of carbonyl (C=O) groups is 7. The number of carbonyl (C=O) groups excluding carboxylic acids is 8. The van der Waals surface area contributed by atoms with E-state index in [1.165, 1.54) is 35.6 Å². The van der Waals surface area contributed by atoms with Gasteiger partial charge in [-0.15, -0.1) is 13.0 Å². The minimum Gasteiger partial charge on any atom is -0.520 e. The maximum Gasteiger partial charge on any atom is 0.245 e. The van der Waals surface area contributed by atoms with Crippen molar-refractivity contribution >= 4 is 47.8 Å². The number of nitrogens with two attached hydrogens (primary N) is 1. The van der Waals surface area contributed by atoms with Crippen molar-refractivity contribution in [2.45, 2.75) is 107 Å². The van der Waals surface area contributed by atoms with Gasteiger partial charge in [0.15, 0.2) is 0 Å². The van der Waals surface area contributed by atoms with Crippen LogP contribution < -0.4 is 32.3 Å². The molecule has 7 unspecified atom stereocenters. The zero-order valence-electron chi connectivity index (χ0n) is 30.8. The Labute approximate surface area is 359 Å². The zero-order valence-corrected chi connectivity index (χ0v) is 36.4. The molecule has 0 aromatic heterocycles. The molecule has 4 rings (SSSR count). The molecule has 3 saturated heterocycles. The number of primary amides is 1. The number of phenolic OH excluding ortho intramolecular Hbond substituents is 1. The smallest absolute Gasteiger partial charge is 0.245 e. The normalized spacial score (nSPS) is 27.4. The molecule has 1 radical (unpaired) electrons. The molecule has 0 spiro atoms. The van der Waals surface area contributed by atoms with E-state index >= 15 is 0 Å². The van der Waals surface area contributed by atoms with Crippen molar-refractivity contribution in [1.82, 2.24) is 36.4 Å². The van der Waals surface area contributed by atoms with Crippen LogP contribution in [0.25, 0.3) is 0 Å². The molecule has 56 heavy (non-hydrogen) atoms. The van der Waals surface area contributed by atoms with Crippen molar-refractivity contribution in [3.63, 3.8) is 0 Å². The van der Waals surface area contributed by atoms with E-state index < -0.39 is 89.8 Å². The summed E-state index contributed by atoms with van der Waals surface area (Å²) in [6.07, 6.45) is -0.280. The van der Waals surface area contributed by atoms with E-state index in [0.29, 0.717) is 5.56 Å². The Bertz CT molecular complexity index is 1570. The maximum absolute atomic E-state index is 14.0. The fraction of sp³-hybridized carbons (Fsp3) is 0.571. The summed E-state index contributed by atoms with van der Waals surface area (Å²) in [6.45, 7) is 1.38. The quantitative estimate of drug-likeness (QED) is 0.0853. The van der Waals surface area contributed by atoms with Gasteiger partial charge in [0.2, 0.25) is 41.4 Å². The average molecular weight is 1050 g/mol. The van der Waals surface area contributed by atoms with Gasteiger partial charge >= 0.3 is 0 Å². The molecule has 21 heteroatoms. The van der Waals surface area contributed by atoms with Crippen LogP contribution in [0.3, 0.4) is 0 Å². The van der Waals surface area contributed by atoms with E-state index in [0.717, 1.165) is 4.90 Å². The van der Waals surface area contributed by atoms with Crippen molar-refractivity contribution in [2.75, 3.05) is 19.6 Å². The molecule has 0 saturated carbocycles. The summed E-state index contributed by atoms with van der Waals surface area (Å²) in [6, 6.07) is -2.19. The summed E-state index contributed by atoms with van der Waals surface area (Å²) < 4.78 is 0. The first-order chi connectivity index (χ1) is 25.7. The number of aliphatic hydroxyl groups is 2. The molecule has 0 aliphatic carbocycles. The number of phenols is 1. The van der Waals surface area contributed by atoms with Crippen LogP contribution in [0.15, 0.2) is 24.3 Å². The number of hydrogen-bond donors (Lipinski definition) is 9. The molecule has 3 aliphatic rings. The molecular formula is C35H48N8O11UV-2. The first-order valence-electron chi connectivity index (χ1n) is 17.9. The van der Waals surface area contributed by atoms with E-state index in [2.05, 4.69) is 26.6 Å². The third-order valence-corrected chi connectivity index (χ3v) is 9.72. The van der Waals surface area contributed by atoms with Crippen LogP contribution in [0.5, 0.6) is 5.75 Å². The van der Waals surface area contributed by atoms with Crippen LogP contribution in [0.2, 0.25) is 0 Å². The zero-order chi connectivity index (χ0) is 39.5. The summed E-state index contributed by atoms with van der Waals surface area (Å²) in [4.78, 5) is 108. The molecule has 3 heterocycles. The van der Waals surface area contributed by atoms with Crippen LogP contribution in [0.1, 0.15) is 57.4 Å². The van der Waals surface area contributed by atoms with Crippen molar-refractivity contribution in [3.05, 3.63) is 36.2 Å². The Balaban J connectivity index is 0.00000541. The molecular weight excluding hydrogens is 997 g/mol. The van der Waals surface area contributed by atoms with Crippen molar-refractivity contribution in [3.8, 4) is 5.75 Å². The molecule has 8 atom stereocenters. The van der Waals surface area contributed by atoms with E-state index in [1.54, 1.807) is 13.3 Å². The average Bonchev–Trinajstić information content (AvgIpc) is 3.79. The van der Waals surface area contributed by atoms with E-state index in [9.17, 15) is 53.7 Å². The van der Waals surface area contributed by atoms with E-state index in [1.807, 2.05) is 0 Å². The SMILES string of the molecule is CCC1NC(=O)C(N[C-]=O)CCCNC(=O)C2C[CH-]CN2C(=O)C(CCC(N)=O)NC(=O)C(C(O)Cc2ccc(O)cc2)NC(=O)C2C[C@@H](O)CN2C1=O.[U].[V]. The predicted octanol–water partition coefficient (Wildman–Crippen LogP) is -3.87. The number of hydrogen-bond acceptors (Lipinski definition) is 11. The molecule has 1 aromatic carbocycles. The van der Waals surface area contributed by atoms with Gasteiger partial charge in [-0.3, -0.25) is 33.6 Å². The topological polar surface area (TPSA) is 290 Å². The Hall–Kier alpha value is -3.66. The minimum atomic E-state index is -1.77. The Morgan fingerprint density at radius 3 is 2.29 bits per heavy atom. The Morgan fingerprint density at radius 1 is 0.982 bits per heavy atom. The summed E-state index contributed by atoms with van der Waals surface area (Å²) >= 11 is 0. The number of nitrogens with zero attached hydrogens (tertiary/aromatic N) is 2. The van der Waals surface area contributed by atoms with Crippen LogP contribution in [-0.4, -0.2) is 141 Å². The molecule has 19 nitrogen and oxygen atoms in total. The summed E-state index contributed by atoms with van der Waals surface area (Å²) in [5.41, 5.74) is 5.84. The van der Waals surface area contributed by atoms with Gasteiger partial charge in [-0.25, -0.2) is 0 Å². The molecule has 3 aliphatic heterocycles. The number of aromatic hydroxyl groups is 1. The fourth-order valence-corrected chi connectivity index (χ4v) is 6.79. The number of rotatable bonds is 9. The monoisotopic (exact) mass is 1050 g/mol. The van der Waals surface area contributed by atoms with Gasteiger partial charge in [0.1, 0.15) is 29.9 Å². The first-order valence-corrected chi connectivity index (χ1v) is 17.9. The largest absolute Gasteiger partial charge is 0.520 e. The summed E-state index contributed by atoms with van der Waals surface area (Å²) in [7, 11) is 0. The van der Waals surface area contributed by atoms with Crippen molar-refractivity contribution in [2.24, 2.45) is 5.73 Å². The number of nitrogens with one attached hydrogen (secondary N) is 5. The molecule has 305 valence electrons. The summed E-state index contributed by atoms with van der Waals surface area (Å²) in [5.74, 6) is -5.52. The number of fused-ring (bicyclic) bond motifs is 2. The Morgan fingerprint density at radius 2 is 1.64 bits per heavy atom. The van der Waals surface area contributed by atoms with Gasteiger partial charge in [0.25, 0.3) is 0 Å². The number of benzene rings is 1. The van der Waals surface area contributed by atoms with Gasteiger partial charge in [-0.2, -0.15) is 6.41 Å². The third-order valence-electron chi connectivity index (χ3n) is 9.72. The van der Waals surface area contributed by atoms with E-state index in [4.69, 9.17) is 5.73 Å². The van der Waals surface area contributed by atoms with E-state index in [-0.39, 0.29) is 126 Å². The van der Waals surface area contributed by atoms with Gasteiger partial charge in [0.05, 0.1) is 24.3 Å². The minimum absolute atomic E-state index is 0. The fourth-order valence-electron chi connectivity index (χ4n) is 6.79. The van der Waals surface area contributed by atoms with Gasteiger partial charge < -0.3 is 68.7 Å². The standard InChI is InChI=1S/C35H48N8O11.U.V/c1-2-22-34(53)43-17-21(46)16-26(43)32(51)41-29(27(47)15-19-7-9-20(45)10-8-19)33(52)40-24(11-12-28(36)48)35(54)42-14-4-6-25(42)31(50)37-13-3-5-23(38-18-44)30(49)39-22;;/h4,7-10,21-27,29,45-47H,2-3,5-6,11-17H2,1H3,(H2,36,48)(H,37,50)(H,38,44)(H,39,49)(H,40,52)(H,41,51);;/q-2;;/t21-,22?,23?,24?,25?,26?,27?,29?;;/m1../s1. The first kappa shape index (κ1) is 48.5. The second-order valence-corrected chi connectivity index (χ2v) is 13.6. The van der Waals surface area contributed by atoms with Crippen LogP contribution in [0, 0.1) is 37.5 Å². The van der Waals surface area contributed by atoms with Crippen molar-refractivity contribution in [1.29, 1.82) is 0 Å².